The second-order valence-corrected chi connectivity index (χ2v) is 8.32. The molecule has 0 bridgehead atoms. The molecule has 23 heavy (non-hydrogen) atoms. The van der Waals surface area contributed by atoms with Crippen molar-refractivity contribution in [2.24, 2.45) is 4.99 Å². The van der Waals surface area contributed by atoms with Crippen molar-refractivity contribution in [2.75, 3.05) is 45.5 Å². The summed E-state index contributed by atoms with van der Waals surface area (Å²) in [5.74, 6) is 2.33. The minimum atomic E-state index is 0.767. The molecule has 2 rings (SSSR count). The van der Waals surface area contributed by atoms with Crippen LogP contribution in [0.3, 0.4) is 0 Å². The first kappa shape index (κ1) is 18.9. The number of aliphatic imine (C=N–C) groups is 1. The van der Waals surface area contributed by atoms with E-state index in [0.717, 1.165) is 36.9 Å². The first-order valence-corrected chi connectivity index (χ1v) is 10.6. The number of hydrogen-bond donors (Lipinski definition) is 1. The Morgan fingerprint density at radius 2 is 2.13 bits per heavy atom. The third kappa shape index (κ3) is 6.18. The molecule has 0 aliphatic carbocycles. The normalized spacial score (nSPS) is 27.3. The fraction of sp³-hybridized carbons (Fsp3) is 0.944. The zero-order valence-electron chi connectivity index (χ0n) is 15.4. The maximum atomic E-state index is 4.49. The molecule has 0 aromatic carbocycles. The summed E-state index contributed by atoms with van der Waals surface area (Å²) in [4.78, 5) is 9.61. The predicted molar refractivity (Wildman–Crippen MR) is 104 cm³/mol. The van der Waals surface area contributed by atoms with Gasteiger partial charge in [0.1, 0.15) is 0 Å². The number of nitrogens with zero attached hydrogens (tertiary/aromatic N) is 3. The van der Waals surface area contributed by atoms with Gasteiger partial charge in [-0.05, 0) is 52.1 Å². The lowest BCUT2D eigenvalue weighted by atomic mass is 10.0. The molecule has 0 aromatic heterocycles. The quantitative estimate of drug-likeness (QED) is 0.457. The fourth-order valence-electron chi connectivity index (χ4n) is 3.62. The maximum absolute atomic E-state index is 4.49. The molecule has 2 aliphatic rings. The number of nitrogens with one attached hydrogen (secondary N) is 1. The topological polar surface area (TPSA) is 30.9 Å². The van der Waals surface area contributed by atoms with Gasteiger partial charge in [0.2, 0.25) is 0 Å². The van der Waals surface area contributed by atoms with Crippen LogP contribution < -0.4 is 5.32 Å². The van der Waals surface area contributed by atoms with E-state index in [2.05, 4.69) is 45.7 Å². The summed E-state index contributed by atoms with van der Waals surface area (Å²) < 4.78 is 0. The van der Waals surface area contributed by atoms with E-state index in [4.69, 9.17) is 0 Å². The van der Waals surface area contributed by atoms with E-state index in [1.54, 1.807) is 0 Å². The molecule has 2 atom stereocenters. The summed E-state index contributed by atoms with van der Waals surface area (Å²) in [5, 5.41) is 4.35. The summed E-state index contributed by atoms with van der Waals surface area (Å²) >= 11 is 2.11. The van der Waals surface area contributed by atoms with Crippen molar-refractivity contribution >= 4 is 17.7 Å². The molecule has 4 nitrogen and oxygen atoms in total. The van der Waals surface area contributed by atoms with Crippen molar-refractivity contribution in [1.82, 2.24) is 15.1 Å². The lowest BCUT2D eigenvalue weighted by Gasteiger charge is -2.34. The number of unbranched alkanes of at least 4 members (excludes halogenated alkanes) is 1. The minimum Gasteiger partial charge on any atom is -0.356 e. The van der Waals surface area contributed by atoms with Gasteiger partial charge in [0.25, 0.3) is 0 Å². The Hall–Kier alpha value is -0.420. The number of piperidine rings is 1. The first-order valence-electron chi connectivity index (χ1n) is 9.55. The highest BCUT2D eigenvalue weighted by atomic mass is 32.2. The molecule has 0 saturated carbocycles. The molecule has 134 valence electrons. The van der Waals surface area contributed by atoms with Crippen LogP contribution in [0.1, 0.15) is 52.4 Å². The van der Waals surface area contributed by atoms with Crippen LogP contribution in [0, 0.1) is 0 Å². The Labute approximate surface area is 147 Å². The average molecular weight is 341 g/mol. The summed E-state index contributed by atoms with van der Waals surface area (Å²) in [5.41, 5.74) is 0. The highest BCUT2D eigenvalue weighted by Gasteiger charge is 2.21. The number of hydrogen-bond acceptors (Lipinski definition) is 3. The zero-order chi connectivity index (χ0) is 16.5. The fourth-order valence-corrected chi connectivity index (χ4v) is 4.80. The predicted octanol–water partition coefficient (Wildman–Crippen LogP) is 3.04. The van der Waals surface area contributed by atoms with Crippen molar-refractivity contribution in [1.29, 1.82) is 0 Å². The van der Waals surface area contributed by atoms with Gasteiger partial charge in [-0.1, -0.05) is 13.3 Å². The van der Waals surface area contributed by atoms with Crippen molar-refractivity contribution in [3.63, 3.8) is 0 Å². The molecular weight excluding hydrogens is 304 g/mol. The van der Waals surface area contributed by atoms with Crippen LogP contribution in [0.2, 0.25) is 0 Å². The first-order chi connectivity index (χ1) is 11.2. The smallest absolute Gasteiger partial charge is 0.193 e. The average Bonchev–Trinajstić information content (AvgIpc) is 2.59. The van der Waals surface area contributed by atoms with Gasteiger partial charge in [0.05, 0.1) is 0 Å². The number of rotatable bonds is 6. The third-order valence-electron chi connectivity index (χ3n) is 5.20. The number of thioether (sulfide) groups is 1. The Balaban J connectivity index is 1.62. The largest absolute Gasteiger partial charge is 0.356 e. The molecule has 5 heteroatoms. The number of guanidine groups is 1. The lowest BCUT2D eigenvalue weighted by Crippen LogP contribution is -2.48. The monoisotopic (exact) mass is 340 g/mol. The van der Waals surface area contributed by atoms with E-state index in [0.29, 0.717) is 0 Å². The molecule has 2 aliphatic heterocycles. The van der Waals surface area contributed by atoms with Crippen LogP contribution in [-0.4, -0.2) is 72.6 Å². The van der Waals surface area contributed by atoms with Crippen LogP contribution >= 0.6 is 11.8 Å². The van der Waals surface area contributed by atoms with Gasteiger partial charge in [-0.3, -0.25) is 4.99 Å². The summed E-state index contributed by atoms with van der Waals surface area (Å²) in [6.07, 6.45) is 7.98. The molecule has 0 spiro atoms. The third-order valence-corrected chi connectivity index (χ3v) is 6.57. The standard InChI is InChI=1S/C18H36N4S/c1-4-17-15-22(13-14-23-17)18(19-3)20-10-6-8-12-21-11-7-5-9-16(21)2/h16-17H,4-15H2,1-3H3,(H,19,20). The van der Waals surface area contributed by atoms with Crippen LogP contribution in [-0.2, 0) is 0 Å². The van der Waals surface area contributed by atoms with E-state index in [1.165, 1.54) is 57.4 Å². The van der Waals surface area contributed by atoms with Crippen molar-refractivity contribution in [3.8, 4) is 0 Å². The molecule has 0 radical (unpaired) electrons. The Morgan fingerprint density at radius 3 is 2.87 bits per heavy atom. The summed E-state index contributed by atoms with van der Waals surface area (Å²) in [6.45, 7) is 10.6. The van der Waals surface area contributed by atoms with E-state index >= 15 is 0 Å². The molecule has 0 aromatic rings. The van der Waals surface area contributed by atoms with E-state index < -0.39 is 0 Å². The minimum absolute atomic E-state index is 0.767. The van der Waals surface area contributed by atoms with Gasteiger partial charge < -0.3 is 15.1 Å². The molecular formula is C18H36N4S. The van der Waals surface area contributed by atoms with Crippen molar-refractivity contribution in [2.45, 2.75) is 63.7 Å². The van der Waals surface area contributed by atoms with Crippen LogP contribution in [0.25, 0.3) is 0 Å². The SMILES string of the molecule is CCC1CN(C(=NC)NCCCCN2CCCCC2C)CCS1. The van der Waals surface area contributed by atoms with Crippen LogP contribution in [0.15, 0.2) is 4.99 Å². The summed E-state index contributed by atoms with van der Waals surface area (Å²) in [7, 11) is 1.92. The van der Waals surface area contributed by atoms with Crippen molar-refractivity contribution < 1.29 is 0 Å². The molecule has 0 amide bonds. The Bertz CT molecular complexity index is 361. The molecule has 2 fully saturated rings. The van der Waals surface area contributed by atoms with Crippen molar-refractivity contribution in [3.05, 3.63) is 0 Å². The van der Waals surface area contributed by atoms with E-state index in [1.807, 2.05) is 7.05 Å². The number of likely N-dealkylation sites (tertiary alicyclic amines) is 1. The van der Waals surface area contributed by atoms with Crippen LogP contribution in [0.4, 0.5) is 0 Å². The lowest BCUT2D eigenvalue weighted by molar-refractivity contribution is 0.158. The molecule has 2 saturated heterocycles. The second-order valence-electron chi connectivity index (χ2n) is 6.91. The molecule has 2 heterocycles. The van der Waals surface area contributed by atoms with E-state index in [-0.39, 0.29) is 0 Å². The molecule has 1 N–H and O–H groups in total. The highest BCUT2D eigenvalue weighted by Crippen LogP contribution is 2.21. The maximum Gasteiger partial charge on any atom is 0.193 e. The summed E-state index contributed by atoms with van der Waals surface area (Å²) in [6, 6.07) is 0.793. The van der Waals surface area contributed by atoms with Gasteiger partial charge in [-0.15, -0.1) is 0 Å². The second kappa shape index (κ2) is 10.4. The van der Waals surface area contributed by atoms with Gasteiger partial charge in [-0.25, -0.2) is 0 Å². The van der Waals surface area contributed by atoms with Gasteiger partial charge in [0.15, 0.2) is 5.96 Å². The van der Waals surface area contributed by atoms with E-state index in [9.17, 15) is 0 Å². The van der Waals surface area contributed by atoms with Crippen LogP contribution in [0.5, 0.6) is 0 Å². The van der Waals surface area contributed by atoms with Gasteiger partial charge >= 0.3 is 0 Å². The van der Waals surface area contributed by atoms with Gasteiger partial charge in [0, 0.05) is 43.7 Å². The molecule has 2 unspecified atom stereocenters. The Morgan fingerprint density at radius 1 is 1.26 bits per heavy atom. The Kier molecular flexibility index (Phi) is 8.59. The van der Waals surface area contributed by atoms with Gasteiger partial charge in [-0.2, -0.15) is 11.8 Å². The highest BCUT2D eigenvalue weighted by molar-refractivity contribution is 8.00. The zero-order valence-corrected chi connectivity index (χ0v) is 16.2.